The maximum Gasteiger partial charge on any atom is 0.180 e. The third-order valence-corrected chi connectivity index (χ3v) is 4.07. The lowest BCUT2D eigenvalue weighted by Crippen LogP contribution is -2.17. The molecule has 0 aliphatic heterocycles. The summed E-state index contributed by atoms with van der Waals surface area (Å²) in [5.74, 6) is 1.16. The lowest BCUT2D eigenvalue weighted by Gasteiger charge is -2.14. The number of methoxy groups -OCH3 is 1. The van der Waals surface area contributed by atoms with Crippen LogP contribution in [0.15, 0.2) is 17.5 Å². The van der Waals surface area contributed by atoms with E-state index in [1.807, 2.05) is 31.4 Å². The van der Waals surface area contributed by atoms with Gasteiger partial charge in [-0.25, -0.2) is 4.98 Å². The van der Waals surface area contributed by atoms with E-state index in [0.717, 1.165) is 22.7 Å². The van der Waals surface area contributed by atoms with Crippen molar-refractivity contribution in [2.24, 2.45) is 5.73 Å². The Bertz CT molecular complexity index is 614. The van der Waals surface area contributed by atoms with Crippen molar-refractivity contribution in [2.75, 3.05) is 7.11 Å². The monoisotopic (exact) mass is 326 g/mol. The SMILES string of the molecule is COc1cc(CC(C)N)cc(Cl)c1OCc1nc(C)cs1. The van der Waals surface area contributed by atoms with Crippen LogP contribution >= 0.6 is 22.9 Å². The minimum atomic E-state index is 0.0656. The molecule has 0 saturated heterocycles. The summed E-state index contributed by atoms with van der Waals surface area (Å²) in [6, 6.07) is 3.85. The second-order valence-electron chi connectivity index (χ2n) is 4.96. The largest absolute Gasteiger partial charge is 0.493 e. The quantitative estimate of drug-likeness (QED) is 0.881. The van der Waals surface area contributed by atoms with E-state index >= 15 is 0 Å². The number of nitrogens with zero attached hydrogens (tertiary/aromatic N) is 1. The summed E-state index contributed by atoms with van der Waals surface area (Å²) in [7, 11) is 1.60. The fourth-order valence-corrected chi connectivity index (χ4v) is 2.98. The van der Waals surface area contributed by atoms with E-state index in [2.05, 4.69) is 4.98 Å². The second kappa shape index (κ2) is 7.11. The highest BCUT2D eigenvalue weighted by Crippen LogP contribution is 2.37. The number of aromatic nitrogens is 1. The van der Waals surface area contributed by atoms with Crippen LogP contribution in [0.5, 0.6) is 11.5 Å². The normalized spacial score (nSPS) is 12.2. The van der Waals surface area contributed by atoms with Gasteiger partial charge >= 0.3 is 0 Å². The summed E-state index contributed by atoms with van der Waals surface area (Å²) in [4.78, 5) is 4.36. The van der Waals surface area contributed by atoms with Crippen molar-refractivity contribution in [3.05, 3.63) is 38.8 Å². The number of aryl methyl sites for hydroxylation is 1. The standard InChI is InChI=1S/C15H19ClN2O2S/c1-9(17)4-11-5-12(16)15(13(6-11)19-3)20-7-14-18-10(2)8-21-14/h5-6,8-9H,4,7,17H2,1-3H3. The first kappa shape index (κ1) is 16.1. The van der Waals surface area contributed by atoms with Crippen LogP contribution in [0.25, 0.3) is 0 Å². The molecule has 2 aromatic rings. The lowest BCUT2D eigenvalue weighted by molar-refractivity contribution is 0.284. The van der Waals surface area contributed by atoms with Crippen LogP contribution in [0.3, 0.4) is 0 Å². The molecule has 2 N–H and O–H groups in total. The molecule has 0 saturated carbocycles. The van der Waals surface area contributed by atoms with Gasteiger partial charge in [-0.05, 0) is 38.0 Å². The van der Waals surface area contributed by atoms with Gasteiger partial charge < -0.3 is 15.2 Å². The summed E-state index contributed by atoms with van der Waals surface area (Å²) >= 11 is 7.87. The fourth-order valence-electron chi connectivity index (χ4n) is 2.01. The van der Waals surface area contributed by atoms with Crippen LogP contribution in [0.4, 0.5) is 0 Å². The van der Waals surface area contributed by atoms with Crippen LogP contribution < -0.4 is 15.2 Å². The molecule has 0 spiro atoms. The average molecular weight is 327 g/mol. The number of hydrogen-bond donors (Lipinski definition) is 1. The van der Waals surface area contributed by atoms with E-state index in [-0.39, 0.29) is 6.04 Å². The highest BCUT2D eigenvalue weighted by molar-refractivity contribution is 7.09. The second-order valence-corrected chi connectivity index (χ2v) is 6.31. The van der Waals surface area contributed by atoms with Gasteiger partial charge in [0, 0.05) is 17.1 Å². The zero-order valence-electron chi connectivity index (χ0n) is 12.4. The summed E-state index contributed by atoms with van der Waals surface area (Å²) < 4.78 is 11.2. The molecular formula is C15H19ClN2O2S. The number of ether oxygens (including phenoxy) is 2. The molecule has 0 bridgehead atoms. The van der Waals surface area contributed by atoms with Gasteiger partial charge in [-0.3, -0.25) is 0 Å². The third kappa shape index (κ3) is 4.33. The highest BCUT2D eigenvalue weighted by Gasteiger charge is 2.13. The molecule has 0 aliphatic rings. The van der Waals surface area contributed by atoms with Gasteiger partial charge in [-0.1, -0.05) is 11.6 Å². The zero-order valence-corrected chi connectivity index (χ0v) is 13.9. The number of benzene rings is 1. The molecule has 114 valence electrons. The topological polar surface area (TPSA) is 57.4 Å². The summed E-state index contributed by atoms with van der Waals surface area (Å²) in [5.41, 5.74) is 7.84. The summed E-state index contributed by atoms with van der Waals surface area (Å²) in [5, 5.41) is 3.42. The Morgan fingerprint density at radius 1 is 1.43 bits per heavy atom. The Labute approximate surface area is 133 Å². The van der Waals surface area contributed by atoms with Crippen molar-refractivity contribution in [3.8, 4) is 11.5 Å². The summed E-state index contributed by atoms with van der Waals surface area (Å²) in [6.45, 7) is 4.28. The molecule has 6 heteroatoms. The molecule has 1 aromatic heterocycles. The Hall–Kier alpha value is -1.30. The zero-order chi connectivity index (χ0) is 15.4. The predicted octanol–water partition coefficient (Wildman–Crippen LogP) is 3.58. The number of nitrogens with two attached hydrogens (primary N) is 1. The molecule has 1 atom stereocenters. The fraction of sp³-hybridized carbons (Fsp3) is 0.400. The Morgan fingerprint density at radius 3 is 2.76 bits per heavy atom. The minimum absolute atomic E-state index is 0.0656. The van der Waals surface area contributed by atoms with E-state index < -0.39 is 0 Å². The maximum absolute atomic E-state index is 6.31. The number of hydrogen-bond acceptors (Lipinski definition) is 5. The van der Waals surface area contributed by atoms with Gasteiger partial charge in [0.2, 0.25) is 0 Å². The molecule has 1 aromatic carbocycles. The lowest BCUT2D eigenvalue weighted by atomic mass is 10.1. The van der Waals surface area contributed by atoms with Crippen molar-refractivity contribution in [3.63, 3.8) is 0 Å². The van der Waals surface area contributed by atoms with E-state index in [1.165, 1.54) is 0 Å². The number of halogens is 1. The van der Waals surface area contributed by atoms with Crippen LogP contribution in [0.2, 0.25) is 5.02 Å². The molecule has 4 nitrogen and oxygen atoms in total. The van der Waals surface area contributed by atoms with Gasteiger partial charge in [0.25, 0.3) is 0 Å². The smallest absolute Gasteiger partial charge is 0.180 e. The Kier molecular flexibility index (Phi) is 5.45. The van der Waals surface area contributed by atoms with Crippen molar-refractivity contribution >= 4 is 22.9 Å². The van der Waals surface area contributed by atoms with Crippen molar-refractivity contribution in [1.82, 2.24) is 4.98 Å². The van der Waals surface area contributed by atoms with Crippen molar-refractivity contribution in [1.29, 1.82) is 0 Å². The van der Waals surface area contributed by atoms with E-state index in [4.69, 9.17) is 26.8 Å². The molecule has 1 heterocycles. The Morgan fingerprint density at radius 2 is 2.19 bits per heavy atom. The number of rotatable bonds is 6. The van der Waals surface area contributed by atoms with Crippen LogP contribution in [-0.4, -0.2) is 18.1 Å². The maximum atomic E-state index is 6.31. The van der Waals surface area contributed by atoms with Gasteiger partial charge in [-0.15, -0.1) is 11.3 Å². The molecule has 0 aliphatic carbocycles. The van der Waals surface area contributed by atoms with Crippen LogP contribution in [-0.2, 0) is 13.0 Å². The van der Waals surface area contributed by atoms with Crippen LogP contribution in [0, 0.1) is 6.92 Å². The first-order chi connectivity index (χ1) is 9.99. The molecule has 0 amide bonds. The average Bonchev–Trinajstić information content (AvgIpc) is 2.82. The molecular weight excluding hydrogens is 308 g/mol. The van der Waals surface area contributed by atoms with E-state index in [9.17, 15) is 0 Å². The van der Waals surface area contributed by atoms with Crippen molar-refractivity contribution < 1.29 is 9.47 Å². The molecule has 1 unspecified atom stereocenters. The van der Waals surface area contributed by atoms with Crippen molar-refractivity contribution in [2.45, 2.75) is 32.9 Å². The summed E-state index contributed by atoms with van der Waals surface area (Å²) in [6.07, 6.45) is 0.738. The molecule has 21 heavy (non-hydrogen) atoms. The van der Waals surface area contributed by atoms with E-state index in [0.29, 0.717) is 23.1 Å². The van der Waals surface area contributed by atoms with Gasteiger partial charge in [-0.2, -0.15) is 0 Å². The van der Waals surface area contributed by atoms with Crippen LogP contribution in [0.1, 0.15) is 23.2 Å². The van der Waals surface area contributed by atoms with Gasteiger partial charge in [0.15, 0.2) is 11.5 Å². The first-order valence-electron chi connectivity index (χ1n) is 6.65. The molecule has 0 fully saturated rings. The van der Waals surface area contributed by atoms with Gasteiger partial charge in [0.05, 0.1) is 12.1 Å². The predicted molar refractivity (Wildman–Crippen MR) is 86.5 cm³/mol. The van der Waals surface area contributed by atoms with E-state index in [1.54, 1.807) is 18.4 Å². The van der Waals surface area contributed by atoms with Gasteiger partial charge in [0.1, 0.15) is 11.6 Å². The minimum Gasteiger partial charge on any atom is -0.493 e. The highest BCUT2D eigenvalue weighted by atomic mass is 35.5. The molecule has 0 radical (unpaired) electrons. The number of thiazole rings is 1. The Balaban J connectivity index is 2.18. The molecule has 2 rings (SSSR count). The third-order valence-electron chi connectivity index (χ3n) is 2.85. The first-order valence-corrected chi connectivity index (χ1v) is 7.91.